The molecule has 3 aromatic rings. The Morgan fingerprint density at radius 2 is 1.53 bits per heavy atom. The molecule has 168 valence electrons. The third-order valence-electron chi connectivity index (χ3n) is 5.35. The number of carbonyl (C=O) groups is 1. The van der Waals surface area contributed by atoms with Crippen LogP contribution in [0.15, 0.2) is 66.7 Å². The van der Waals surface area contributed by atoms with Gasteiger partial charge in [0.25, 0.3) is 5.91 Å². The smallest absolute Gasteiger partial charge is 0.251 e. The largest absolute Gasteiger partial charge is 0.346 e. The van der Waals surface area contributed by atoms with E-state index in [1.165, 1.54) is 22.7 Å². The van der Waals surface area contributed by atoms with E-state index in [0.717, 1.165) is 22.3 Å². The van der Waals surface area contributed by atoms with Gasteiger partial charge in [0.05, 0.1) is 24.5 Å². The summed E-state index contributed by atoms with van der Waals surface area (Å²) in [7, 11) is -3.51. The van der Waals surface area contributed by atoms with Crippen LogP contribution in [0.3, 0.4) is 0 Å². The SMILES string of the molecule is Cc1cccc(C)c1N(Cc1ccc(C(=O)N[C@H](C)c2ccc(F)cc2)cc1)S(C)(=O)=O. The predicted octanol–water partition coefficient (Wildman–Crippen LogP) is 4.90. The van der Waals surface area contributed by atoms with Crippen molar-refractivity contribution in [2.75, 3.05) is 10.6 Å². The Kier molecular flexibility index (Phi) is 6.99. The molecule has 0 radical (unpaired) electrons. The molecule has 0 aliphatic carbocycles. The molecule has 1 atom stereocenters. The van der Waals surface area contributed by atoms with Crippen molar-refractivity contribution in [1.29, 1.82) is 0 Å². The summed E-state index contributed by atoms with van der Waals surface area (Å²) >= 11 is 0. The van der Waals surface area contributed by atoms with Crippen molar-refractivity contribution < 1.29 is 17.6 Å². The molecule has 0 heterocycles. The molecule has 0 aliphatic rings. The summed E-state index contributed by atoms with van der Waals surface area (Å²) in [5.41, 5.74) is 4.45. The van der Waals surface area contributed by atoms with Gasteiger partial charge in [-0.1, -0.05) is 42.5 Å². The summed E-state index contributed by atoms with van der Waals surface area (Å²) in [6.07, 6.45) is 1.19. The lowest BCUT2D eigenvalue weighted by molar-refractivity contribution is 0.0940. The average Bonchev–Trinajstić information content (AvgIpc) is 2.73. The number of aryl methyl sites for hydroxylation is 2. The van der Waals surface area contributed by atoms with E-state index in [1.807, 2.05) is 39.0 Å². The van der Waals surface area contributed by atoms with Gasteiger partial charge in [-0.15, -0.1) is 0 Å². The Morgan fingerprint density at radius 1 is 0.969 bits per heavy atom. The van der Waals surface area contributed by atoms with Crippen LogP contribution in [0.1, 0.15) is 45.6 Å². The first-order valence-electron chi connectivity index (χ1n) is 10.3. The first-order valence-corrected chi connectivity index (χ1v) is 12.1. The molecule has 0 saturated heterocycles. The second-order valence-corrected chi connectivity index (χ2v) is 9.86. The maximum atomic E-state index is 13.1. The van der Waals surface area contributed by atoms with Crippen molar-refractivity contribution in [3.63, 3.8) is 0 Å². The average molecular weight is 455 g/mol. The first kappa shape index (κ1) is 23.5. The fraction of sp³-hybridized carbons (Fsp3) is 0.240. The normalized spacial score (nSPS) is 12.3. The Morgan fingerprint density at radius 3 is 2.06 bits per heavy atom. The summed E-state index contributed by atoms with van der Waals surface area (Å²) in [4.78, 5) is 12.6. The van der Waals surface area contributed by atoms with E-state index in [2.05, 4.69) is 5.32 Å². The zero-order valence-electron chi connectivity index (χ0n) is 18.6. The molecule has 0 bridgehead atoms. The van der Waals surface area contributed by atoms with E-state index < -0.39 is 10.0 Å². The molecular formula is C25H27FN2O3S. The van der Waals surface area contributed by atoms with Gasteiger partial charge < -0.3 is 5.32 Å². The van der Waals surface area contributed by atoms with Crippen LogP contribution in [0.2, 0.25) is 0 Å². The summed E-state index contributed by atoms with van der Waals surface area (Å²) in [5, 5.41) is 2.89. The Hall–Kier alpha value is -3.19. The zero-order valence-corrected chi connectivity index (χ0v) is 19.4. The van der Waals surface area contributed by atoms with E-state index in [4.69, 9.17) is 0 Å². The molecular weight excluding hydrogens is 427 g/mol. The van der Waals surface area contributed by atoms with Crippen molar-refractivity contribution in [2.45, 2.75) is 33.4 Å². The fourth-order valence-electron chi connectivity index (χ4n) is 3.60. The number of benzene rings is 3. The monoisotopic (exact) mass is 454 g/mol. The first-order chi connectivity index (χ1) is 15.1. The number of nitrogens with zero attached hydrogens (tertiary/aromatic N) is 1. The molecule has 7 heteroatoms. The maximum absolute atomic E-state index is 13.1. The molecule has 3 rings (SSSR count). The van der Waals surface area contributed by atoms with Crippen LogP contribution in [-0.2, 0) is 16.6 Å². The van der Waals surface area contributed by atoms with Gasteiger partial charge >= 0.3 is 0 Å². The van der Waals surface area contributed by atoms with E-state index in [1.54, 1.807) is 36.4 Å². The number of carbonyl (C=O) groups excluding carboxylic acids is 1. The van der Waals surface area contributed by atoms with Crippen LogP contribution in [0.25, 0.3) is 0 Å². The summed E-state index contributed by atoms with van der Waals surface area (Å²) < 4.78 is 39.6. The highest BCUT2D eigenvalue weighted by molar-refractivity contribution is 7.92. The molecule has 1 N–H and O–H groups in total. The molecule has 32 heavy (non-hydrogen) atoms. The van der Waals surface area contributed by atoms with Gasteiger partial charge in [-0.3, -0.25) is 9.10 Å². The Labute approximate surface area is 188 Å². The third kappa shape index (κ3) is 5.53. The number of halogens is 1. The number of hydrogen-bond donors (Lipinski definition) is 1. The van der Waals surface area contributed by atoms with Gasteiger partial charge in [0.15, 0.2) is 0 Å². The van der Waals surface area contributed by atoms with Gasteiger partial charge in [-0.2, -0.15) is 0 Å². The van der Waals surface area contributed by atoms with Crippen LogP contribution in [0.4, 0.5) is 10.1 Å². The number of nitrogens with one attached hydrogen (secondary N) is 1. The van der Waals surface area contributed by atoms with E-state index >= 15 is 0 Å². The number of amides is 1. The highest BCUT2D eigenvalue weighted by atomic mass is 32.2. The zero-order chi connectivity index (χ0) is 23.5. The van der Waals surface area contributed by atoms with Gasteiger partial charge in [-0.05, 0) is 67.3 Å². The number of rotatable bonds is 7. The summed E-state index contributed by atoms with van der Waals surface area (Å²) in [5.74, 6) is -0.588. The molecule has 0 unspecified atom stereocenters. The van der Waals surface area contributed by atoms with Crippen LogP contribution in [0, 0.1) is 19.7 Å². The lowest BCUT2D eigenvalue weighted by atomic mass is 10.1. The van der Waals surface area contributed by atoms with Gasteiger partial charge in [0.1, 0.15) is 5.82 Å². The number of sulfonamides is 1. The van der Waals surface area contributed by atoms with Crippen LogP contribution >= 0.6 is 0 Å². The minimum Gasteiger partial charge on any atom is -0.346 e. The topological polar surface area (TPSA) is 66.5 Å². The molecule has 5 nitrogen and oxygen atoms in total. The van der Waals surface area contributed by atoms with Crippen molar-refractivity contribution in [3.05, 3.63) is 100 Å². The predicted molar refractivity (Wildman–Crippen MR) is 126 cm³/mol. The van der Waals surface area contributed by atoms with Crippen LogP contribution in [-0.4, -0.2) is 20.6 Å². The van der Waals surface area contributed by atoms with Gasteiger partial charge in [-0.25, -0.2) is 12.8 Å². The molecule has 0 spiro atoms. The minimum absolute atomic E-state index is 0.165. The standard InChI is InChI=1S/C25H27FN2O3S/c1-17-6-5-7-18(2)24(17)28(32(4,30)31)16-20-8-10-22(11-9-20)25(29)27-19(3)21-12-14-23(26)15-13-21/h5-15,19H,16H2,1-4H3,(H,27,29)/t19-/m1/s1. The molecule has 0 aromatic heterocycles. The van der Waals surface area contributed by atoms with Crippen LogP contribution in [0.5, 0.6) is 0 Å². The van der Waals surface area contributed by atoms with Crippen molar-refractivity contribution in [1.82, 2.24) is 5.32 Å². The molecule has 3 aromatic carbocycles. The number of para-hydroxylation sites is 1. The highest BCUT2D eigenvalue weighted by Crippen LogP contribution is 2.28. The van der Waals surface area contributed by atoms with Crippen molar-refractivity contribution >= 4 is 21.6 Å². The minimum atomic E-state index is -3.51. The second-order valence-electron chi connectivity index (χ2n) is 7.95. The Bertz CT molecular complexity index is 1190. The van der Waals surface area contributed by atoms with E-state index in [9.17, 15) is 17.6 Å². The van der Waals surface area contributed by atoms with E-state index in [-0.39, 0.29) is 24.3 Å². The maximum Gasteiger partial charge on any atom is 0.251 e. The van der Waals surface area contributed by atoms with Crippen LogP contribution < -0.4 is 9.62 Å². The second kappa shape index (κ2) is 9.53. The quantitative estimate of drug-likeness (QED) is 0.552. The molecule has 1 amide bonds. The Balaban J connectivity index is 1.76. The summed E-state index contributed by atoms with van der Waals surface area (Å²) in [6, 6.07) is 18.2. The number of anilines is 1. The fourth-order valence-corrected chi connectivity index (χ4v) is 4.61. The van der Waals surface area contributed by atoms with Gasteiger partial charge in [0, 0.05) is 5.56 Å². The number of hydrogen-bond acceptors (Lipinski definition) is 3. The lowest BCUT2D eigenvalue weighted by Gasteiger charge is -2.26. The molecule has 0 saturated carbocycles. The van der Waals surface area contributed by atoms with Crippen molar-refractivity contribution in [2.24, 2.45) is 0 Å². The summed E-state index contributed by atoms with van der Waals surface area (Å²) in [6.45, 7) is 5.76. The lowest BCUT2D eigenvalue weighted by Crippen LogP contribution is -2.30. The highest BCUT2D eigenvalue weighted by Gasteiger charge is 2.21. The molecule has 0 fully saturated rings. The third-order valence-corrected chi connectivity index (χ3v) is 6.46. The van der Waals surface area contributed by atoms with Crippen molar-refractivity contribution in [3.8, 4) is 0 Å². The van der Waals surface area contributed by atoms with E-state index in [0.29, 0.717) is 11.3 Å². The van der Waals surface area contributed by atoms with Gasteiger partial charge in [0.2, 0.25) is 10.0 Å². The molecule has 0 aliphatic heterocycles.